The highest BCUT2D eigenvalue weighted by Gasteiger charge is 2.14. The molecule has 9 heteroatoms. The number of hydrogen-bond donors (Lipinski definition) is 3. The van der Waals surface area contributed by atoms with E-state index in [-0.39, 0.29) is 12.3 Å². The number of anilines is 1. The smallest absolute Gasteiger partial charge is 0.407 e. The fraction of sp³-hybridized carbons (Fsp3) is 0.263. The molecule has 0 saturated heterocycles. The van der Waals surface area contributed by atoms with Crippen LogP contribution in [0.1, 0.15) is 18.4 Å². The van der Waals surface area contributed by atoms with Crippen molar-refractivity contribution in [1.29, 1.82) is 0 Å². The molecule has 2 aromatic carbocycles. The Balaban J connectivity index is 1.63. The molecule has 0 spiro atoms. The van der Waals surface area contributed by atoms with Gasteiger partial charge in [0.2, 0.25) is 5.91 Å². The predicted molar refractivity (Wildman–Crippen MR) is 104 cm³/mol. The van der Waals surface area contributed by atoms with E-state index in [9.17, 15) is 19.7 Å². The van der Waals surface area contributed by atoms with Crippen molar-refractivity contribution in [2.75, 3.05) is 11.9 Å². The van der Waals surface area contributed by atoms with Gasteiger partial charge in [0, 0.05) is 24.4 Å². The normalized spacial score (nSPS) is 11.3. The standard InChI is InChI=1S/C19H22N4O5/c20-17(18(24)22-15-8-10-16(11-9-15)23(26)27)7-4-12-21-19(25)28-13-14-5-2-1-3-6-14/h1-3,5-6,8-11,17H,4,7,12-13,20H2,(H,21,25)(H,22,24)/t17-/m0/s1. The highest BCUT2D eigenvalue weighted by atomic mass is 16.6. The van der Waals surface area contributed by atoms with Gasteiger partial charge in [0.15, 0.2) is 0 Å². The summed E-state index contributed by atoms with van der Waals surface area (Å²) >= 11 is 0. The summed E-state index contributed by atoms with van der Waals surface area (Å²) in [6.45, 7) is 0.510. The molecule has 2 rings (SSSR count). The summed E-state index contributed by atoms with van der Waals surface area (Å²) < 4.78 is 5.08. The maximum atomic E-state index is 12.0. The Morgan fingerprint density at radius 1 is 1.11 bits per heavy atom. The van der Waals surface area contributed by atoms with Gasteiger partial charge in [0.05, 0.1) is 11.0 Å². The maximum absolute atomic E-state index is 12.0. The number of nitrogens with two attached hydrogens (primary N) is 1. The van der Waals surface area contributed by atoms with Crippen molar-refractivity contribution in [3.05, 3.63) is 70.3 Å². The molecule has 0 aliphatic carbocycles. The molecular weight excluding hydrogens is 364 g/mol. The number of benzene rings is 2. The largest absolute Gasteiger partial charge is 0.445 e. The Morgan fingerprint density at radius 2 is 1.79 bits per heavy atom. The number of carbonyl (C=O) groups excluding carboxylic acids is 2. The lowest BCUT2D eigenvalue weighted by atomic mass is 10.1. The molecule has 9 nitrogen and oxygen atoms in total. The topological polar surface area (TPSA) is 137 Å². The molecule has 0 unspecified atom stereocenters. The molecule has 0 radical (unpaired) electrons. The van der Waals surface area contributed by atoms with E-state index in [0.717, 1.165) is 5.56 Å². The van der Waals surface area contributed by atoms with Crippen molar-refractivity contribution in [2.45, 2.75) is 25.5 Å². The molecular formula is C19H22N4O5. The lowest BCUT2D eigenvalue weighted by molar-refractivity contribution is -0.384. The van der Waals surface area contributed by atoms with Crippen LogP contribution in [0.4, 0.5) is 16.2 Å². The SMILES string of the molecule is N[C@@H](CCCNC(=O)OCc1ccccc1)C(=O)Nc1ccc([N+](=O)[O-])cc1. The van der Waals surface area contributed by atoms with Gasteiger partial charge in [0.1, 0.15) is 6.61 Å². The summed E-state index contributed by atoms with van der Waals surface area (Å²) in [7, 11) is 0. The average Bonchev–Trinajstić information content (AvgIpc) is 2.70. The lowest BCUT2D eigenvalue weighted by Gasteiger charge is -2.12. The second-order valence-electron chi connectivity index (χ2n) is 6.03. The van der Waals surface area contributed by atoms with Crippen molar-refractivity contribution < 1.29 is 19.2 Å². The number of carbonyl (C=O) groups is 2. The minimum atomic E-state index is -0.766. The van der Waals surface area contributed by atoms with Crippen LogP contribution < -0.4 is 16.4 Å². The summed E-state index contributed by atoms with van der Waals surface area (Å²) in [5.74, 6) is -0.402. The molecule has 2 aromatic rings. The van der Waals surface area contributed by atoms with Gasteiger partial charge in [-0.25, -0.2) is 4.79 Å². The minimum absolute atomic E-state index is 0.0625. The molecule has 0 aliphatic heterocycles. The number of rotatable bonds is 9. The van der Waals surface area contributed by atoms with Gasteiger partial charge in [-0.3, -0.25) is 14.9 Å². The van der Waals surface area contributed by atoms with Crippen LogP contribution in [0.2, 0.25) is 0 Å². The predicted octanol–water partition coefficient (Wildman–Crippen LogP) is 2.57. The van der Waals surface area contributed by atoms with E-state index < -0.39 is 23.0 Å². The Labute approximate surface area is 162 Å². The first-order valence-electron chi connectivity index (χ1n) is 8.71. The highest BCUT2D eigenvalue weighted by molar-refractivity contribution is 5.94. The second kappa shape index (κ2) is 10.6. The first-order chi connectivity index (χ1) is 13.5. The van der Waals surface area contributed by atoms with Crippen LogP contribution in [0.25, 0.3) is 0 Å². The summed E-state index contributed by atoms with van der Waals surface area (Å²) in [4.78, 5) is 33.7. The third kappa shape index (κ3) is 7.04. The fourth-order valence-electron chi connectivity index (χ4n) is 2.32. The Hall–Kier alpha value is -3.46. The summed E-state index contributed by atoms with van der Waals surface area (Å²) in [6.07, 6.45) is 0.320. The summed E-state index contributed by atoms with van der Waals surface area (Å²) in [5.41, 5.74) is 7.08. The average molecular weight is 386 g/mol. The van der Waals surface area contributed by atoms with Gasteiger partial charge in [-0.15, -0.1) is 0 Å². The zero-order valence-corrected chi connectivity index (χ0v) is 15.2. The van der Waals surface area contributed by atoms with Crippen molar-refractivity contribution in [1.82, 2.24) is 5.32 Å². The third-order valence-electron chi connectivity index (χ3n) is 3.86. The minimum Gasteiger partial charge on any atom is -0.445 e. The van der Waals surface area contributed by atoms with Crippen LogP contribution in [0.5, 0.6) is 0 Å². The zero-order chi connectivity index (χ0) is 20.4. The number of nitro benzene ring substituents is 1. The van der Waals surface area contributed by atoms with Crippen LogP contribution in [0.15, 0.2) is 54.6 Å². The molecule has 0 aromatic heterocycles. The van der Waals surface area contributed by atoms with E-state index >= 15 is 0 Å². The van der Waals surface area contributed by atoms with Crippen LogP contribution in [-0.4, -0.2) is 29.5 Å². The molecule has 0 fully saturated rings. The molecule has 0 saturated carbocycles. The van der Waals surface area contributed by atoms with Crippen molar-refractivity contribution in [3.63, 3.8) is 0 Å². The Bertz CT molecular complexity index is 796. The molecule has 0 heterocycles. The first-order valence-corrected chi connectivity index (χ1v) is 8.71. The monoisotopic (exact) mass is 386 g/mol. The van der Waals surface area contributed by atoms with Crippen molar-refractivity contribution >= 4 is 23.4 Å². The number of non-ortho nitro benzene ring substituents is 1. The second-order valence-corrected chi connectivity index (χ2v) is 6.03. The molecule has 28 heavy (non-hydrogen) atoms. The van der Waals surface area contributed by atoms with E-state index in [0.29, 0.717) is 25.1 Å². The molecule has 148 valence electrons. The molecule has 4 N–H and O–H groups in total. The quantitative estimate of drug-likeness (QED) is 0.344. The summed E-state index contributed by atoms with van der Waals surface area (Å²) in [5, 5.41) is 15.8. The van der Waals surface area contributed by atoms with Gasteiger partial charge in [-0.2, -0.15) is 0 Å². The van der Waals surface area contributed by atoms with E-state index in [1.807, 2.05) is 30.3 Å². The number of hydrogen-bond acceptors (Lipinski definition) is 6. The first kappa shape index (κ1) is 20.8. The van der Waals surface area contributed by atoms with E-state index in [1.165, 1.54) is 24.3 Å². The highest BCUT2D eigenvalue weighted by Crippen LogP contribution is 2.15. The number of nitrogens with one attached hydrogen (secondary N) is 2. The third-order valence-corrected chi connectivity index (χ3v) is 3.86. The van der Waals surface area contributed by atoms with E-state index in [1.54, 1.807) is 0 Å². The van der Waals surface area contributed by atoms with Gasteiger partial charge < -0.3 is 21.1 Å². The van der Waals surface area contributed by atoms with E-state index in [2.05, 4.69) is 10.6 Å². The van der Waals surface area contributed by atoms with Gasteiger partial charge in [-0.05, 0) is 30.5 Å². The van der Waals surface area contributed by atoms with Gasteiger partial charge in [-0.1, -0.05) is 30.3 Å². The molecule has 2 amide bonds. The molecule has 1 atom stereocenters. The van der Waals surface area contributed by atoms with Gasteiger partial charge in [0.25, 0.3) is 5.69 Å². The molecule has 0 aliphatic rings. The van der Waals surface area contributed by atoms with Crippen LogP contribution in [0.3, 0.4) is 0 Å². The van der Waals surface area contributed by atoms with Crippen molar-refractivity contribution in [3.8, 4) is 0 Å². The van der Waals surface area contributed by atoms with Crippen molar-refractivity contribution in [2.24, 2.45) is 5.73 Å². The van der Waals surface area contributed by atoms with Gasteiger partial charge >= 0.3 is 6.09 Å². The number of alkyl carbamates (subject to hydrolysis) is 1. The Morgan fingerprint density at radius 3 is 2.43 bits per heavy atom. The Kier molecular flexibility index (Phi) is 7.92. The number of amides is 2. The van der Waals surface area contributed by atoms with Crippen LogP contribution in [-0.2, 0) is 16.1 Å². The van der Waals surface area contributed by atoms with E-state index in [4.69, 9.17) is 10.5 Å². The number of ether oxygens (including phenoxy) is 1. The van der Waals surface area contributed by atoms with Crippen LogP contribution in [0, 0.1) is 10.1 Å². The maximum Gasteiger partial charge on any atom is 0.407 e. The van der Waals surface area contributed by atoms with Crippen LogP contribution >= 0.6 is 0 Å². The lowest BCUT2D eigenvalue weighted by Crippen LogP contribution is -2.36. The number of nitrogens with zero attached hydrogens (tertiary/aromatic N) is 1. The molecule has 0 bridgehead atoms. The zero-order valence-electron chi connectivity index (χ0n) is 15.2. The summed E-state index contributed by atoms with van der Waals surface area (Å²) in [6, 6.07) is 14.0. The fourth-order valence-corrected chi connectivity index (χ4v) is 2.32. The number of nitro groups is 1.